The lowest BCUT2D eigenvalue weighted by Gasteiger charge is -2.22. The number of hydrogen-bond acceptors (Lipinski definition) is 3. The Morgan fingerprint density at radius 3 is 2.11 bits per heavy atom. The zero-order chi connectivity index (χ0) is 6.69. The van der Waals surface area contributed by atoms with Crippen molar-refractivity contribution in [2.24, 2.45) is 0 Å². The topological polar surface area (TPSA) is 40.9 Å². The fraction of sp³-hybridized carbons (Fsp3) is 1.00. The summed E-state index contributed by atoms with van der Waals surface area (Å²) in [5.41, 5.74) is 0. The second-order valence-corrected chi connectivity index (χ2v) is 3.82. The van der Waals surface area contributed by atoms with Crippen LogP contribution in [0, 0.1) is 4.78 Å². The van der Waals surface area contributed by atoms with Crippen molar-refractivity contribution in [2.45, 2.75) is 37.4 Å². The summed E-state index contributed by atoms with van der Waals surface area (Å²) >= 11 is 0. The third kappa shape index (κ3) is 1.97. The molecule has 0 saturated heterocycles. The highest BCUT2D eigenvalue weighted by Gasteiger charge is 2.06. The monoisotopic (exact) mass is 146 g/mol. The molecule has 0 unspecified atom stereocenters. The first kappa shape index (κ1) is 7.06. The van der Waals surface area contributed by atoms with Crippen molar-refractivity contribution in [3.05, 3.63) is 0 Å². The quantitative estimate of drug-likeness (QED) is 0.565. The van der Waals surface area contributed by atoms with Crippen molar-refractivity contribution in [3.63, 3.8) is 0 Å². The van der Waals surface area contributed by atoms with E-state index in [0.29, 0.717) is 0 Å². The molecule has 1 aliphatic rings. The summed E-state index contributed by atoms with van der Waals surface area (Å²) in [6.07, 6.45) is 5.64. The lowest BCUT2D eigenvalue weighted by atomic mass is 10.0. The van der Waals surface area contributed by atoms with Crippen LogP contribution in [0.5, 0.6) is 0 Å². The molecule has 0 aliphatic heterocycles. The van der Waals surface area contributed by atoms with Crippen LogP contribution in [0.2, 0.25) is 0 Å². The SMILES string of the molecule is N=[S-](=O)C1CCCCC1. The molecule has 0 atom stereocenters. The minimum atomic E-state index is -1.30. The molecule has 1 saturated carbocycles. The average Bonchev–Trinajstić information content (AvgIpc) is 1.90. The minimum Gasteiger partial charge on any atom is -0.444 e. The van der Waals surface area contributed by atoms with E-state index in [1.54, 1.807) is 0 Å². The van der Waals surface area contributed by atoms with Gasteiger partial charge in [0, 0.05) is 0 Å². The standard InChI is InChI=1S/C6H12NOS/c7-9(8)6-4-2-1-3-5-6/h6-7H,1-5H2/q-1. The fourth-order valence-corrected chi connectivity index (χ4v) is 2.04. The normalized spacial score (nSPS) is 22.8. The Bertz CT molecular complexity index is 139. The highest BCUT2D eigenvalue weighted by atomic mass is 32.2. The smallest absolute Gasteiger partial charge is 0.0534 e. The van der Waals surface area contributed by atoms with Crippen molar-refractivity contribution < 1.29 is 4.21 Å². The van der Waals surface area contributed by atoms with E-state index < -0.39 is 10.6 Å². The largest absolute Gasteiger partial charge is 0.444 e. The van der Waals surface area contributed by atoms with Crippen LogP contribution >= 0.6 is 0 Å². The van der Waals surface area contributed by atoms with Crippen LogP contribution in [0.25, 0.3) is 0 Å². The Hall–Kier alpha value is -0.0500. The first-order valence-corrected chi connectivity index (χ1v) is 4.64. The van der Waals surface area contributed by atoms with Crippen molar-refractivity contribution >= 4 is 10.6 Å². The third-order valence-electron chi connectivity index (χ3n) is 1.85. The summed E-state index contributed by atoms with van der Waals surface area (Å²) in [6, 6.07) is 0. The van der Waals surface area contributed by atoms with Gasteiger partial charge in [0.05, 0.1) is 0 Å². The van der Waals surface area contributed by atoms with Crippen molar-refractivity contribution in [2.75, 3.05) is 0 Å². The summed E-state index contributed by atoms with van der Waals surface area (Å²) in [5, 5.41) is 0.193. The van der Waals surface area contributed by atoms with Gasteiger partial charge in [-0.1, -0.05) is 37.4 Å². The zero-order valence-corrected chi connectivity index (χ0v) is 6.25. The van der Waals surface area contributed by atoms with Gasteiger partial charge in [0.15, 0.2) is 0 Å². The highest BCUT2D eigenvalue weighted by Crippen LogP contribution is 2.19. The Labute approximate surface area is 57.7 Å². The molecule has 0 radical (unpaired) electrons. The number of rotatable bonds is 1. The van der Waals surface area contributed by atoms with Crippen LogP contribution in [0.3, 0.4) is 0 Å². The van der Waals surface area contributed by atoms with Gasteiger partial charge in [-0.05, 0) is 0 Å². The van der Waals surface area contributed by atoms with Crippen LogP contribution in [0.4, 0.5) is 0 Å². The molecule has 1 rings (SSSR count). The Kier molecular flexibility index (Phi) is 2.51. The first-order valence-electron chi connectivity index (χ1n) is 3.42. The molecule has 0 aromatic carbocycles. The van der Waals surface area contributed by atoms with Gasteiger partial charge < -0.3 is 8.99 Å². The molecule has 1 fully saturated rings. The molecule has 1 N–H and O–H groups in total. The predicted molar refractivity (Wildman–Crippen MR) is 37.6 cm³/mol. The summed E-state index contributed by atoms with van der Waals surface area (Å²) in [4.78, 5) is 0. The maximum atomic E-state index is 10.6. The van der Waals surface area contributed by atoms with E-state index in [9.17, 15) is 4.21 Å². The van der Waals surface area contributed by atoms with Crippen molar-refractivity contribution in [1.82, 2.24) is 0 Å². The molecule has 2 nitrogen and oxygen atoms in total. The summed E-state index contributed by atoms with van der Waals surface area (Å²) in [7, 11) is -1.30. The van der Waals surface area contributed by atoms with Gasteiger partial charge in [-0.3, -0.25) is 0 Å². The van der Waals surface area contributed by atoms with E-state index in [0.717, 1.165) is 12.8 Å². The summed E-state index contributed by atoms with van der Waals surface area (Å²) in [5.74, 6) is 0. The van der Waals surface area contributed by atoms with Gasteiger partial charge >= 0.3 is 0 Å². The minimum absolute atomic E-state index is 0.193. The molecule has 1 aliphatic carbocycles. The van der Waals surface area contributed by atoms with Gasteiger partial charge in [-0.15, -0.1) is 0 Å². The summed E-state index contributed by atoms with van der Waals surface area (Å²) < 4.78 is 17.5. The van der Waals surface area contributed by atoms with E-state index in [4.69, 9.17) is 4.78 Å². The highest BCUT2D eigenvalue weighted by molar-refractivity contribution is 7.74. The first-order chi connectivity index (χ1) is 4.30. The van der Waals surface area contributed by atoms with Crippen LogP contribution < -0.4 is 0 Å². The molecule has 0 aromatic heterocycles. The predicted octanol–water partition coefficient (Wildman–Crippen LogP) is 2.05. The molecule has 0 bridgehead atoms. The molecular formula is C6H12NOS-. The fourth-order valence-electron chi connectivity index (χ4n) is 1.28. The van der Waals surface area contributed by atoms with E-state index >= 15 is 0 Å². The Morgan fingerprint density at radius 2 is 1.78 bits per heavy atom. The Balaban J connectivity index is 2.40. The van der Waals surface area contributed by atoms with Gasteiger partial charge in [0.1, 0.15) is 0 Å². The second kappa shape index (κ2) is 3.20. The Morgan fingerprint density at radius 1 is 1.22 bits per heavy atom. The van der Waals surface area contributed by atoms with Gasteiger partial charge in [0.25, 0.3) is 0 Å². The van der Waals surface area contributed by atoms with Crippen LogP contribution in [-0.2, 0) is 14.8 Å². The molecule has 0 aromatic rings. The maximum absolute atomic E-state index is 10.6. The number of hydrogen-bond donors (Lipinski definition) is 1. The lowest BCUT2D eigenvalue weighted by molar-refractivity contribution is 0.498. The lowest BCUT2D eigenvalue weighted by Crippen LogP contribution is -2.12. The molecule has 54 valence electrons. The molecule has 3 heteroatoms. The molecule has 9 heavy (non-hydrogen) atoms. The van der Waals surface area contributed by atoms with Gasteiger partial charge in [-0.2, -0.15) is 10.6 Å². The van der Waals surface area contributed by atoms with Gasteiger partial charge in [0.2, 0.25) is 0 Å². The van der Waals surface area contributed by atoms with Gasteiger partial charge in [-0.25, -0.2) is 0 Å². The zero-order valence-electron chi connectivity index (χ0n) is 5.43. The van der Waals surface area contributed by atoms with Crippen molar-refractivity contribution in [3.8, 4) is 0 Å². The van der Waals surface area contributed by atoms with E-state index in [1.807, 2.05) is 0 Å². The summed E-state index contributed by atoms with van der Waals surface area (Å²) in [6.45, 7) is 0. The average molecular weight is 146 g/mol. The molecular weight excluding hydrogens is 134 g/mol. The van der Waals surface area contributed by atoms with Crippen LogP contribution in [-0.4, -0.2) is 5.25 Å². The third-order valence-corrected chi connectivity index (χ3v) is 2.93. The van der Waals surface area contributed by atoms with Crippen LogP contribution in [0.1, 0.15) is 32.1 Å². The van der Waals surface area contributed by atoms with E-state index in [2.05, 4.69) is 0 Å². The van der Waals surface area contributed by atoms with E-state index in [-0.39, 0.29) is 5.25 Å². The van der Waals surface area contributed by atoms with Crippen LogP contribution in [0.15, 0.2) is 0 Å². The number of nitrogens with one attached hydrogen (secondary N) is 1. The molecule has 0 heterocycles. The molecule has 0 spiro atoms. The van der Waals surface area contributed by atoms with E-state index in [1.165, 1.54) is 19.3 Å². The maximum Gasteiger partial charge on any atom is -0.0534 e. The second-order valence-electron chi connectivity index (χ2n) is 2.56. The van der Waals surface area contributed by atoms with Crippen molar-refractivity contribution in [1.29, 1.82) is 4.78 Å². The molecule has 0 amide bonds.